The van der Waals surface area contributed by atoms with Crippen molar-refractivity contribution < 1.29 is 4.79 Å². The van der Waals surface area contributed by atoms with Crippen molar-refractivity contribution in [3.63, 3.8) is 0 Å². The van der Waals surface area contributed by atoms with E-state index in [4.69, 9.17) is 0 Å². The van der Waals surface area contributed by atoms with Gasteiger partial charge in [-0.3, -0.25) is 9.79 Å². The molecule has 66 valence electrons. The van der Waals surface area contributed by atoms with E-state index in [9.17, 15) is 4.79 Å². The summed E-state index contributed by atoms with van der Waals surface area (Å²) in [5.41, 5.74) is 0.348. The maximum atomic E-state index is 11.4. The number of amides is 1. The Morgan fingerprint density at radius 3 is 2.67 bits per heavy atom. The maximum Gasteiger partial charge on any atom is 0.269 e. The fourth-order valence-electron chi connectivity index (χ4n) is 0.924. The molecule has 0 bridgehead atoms. The maximum absolute atomic E-state index is 11.4. The lowest BCUT2D eigenvalue weighted by Gasteiger charge is -2.19. The lowest BCUT2D eigenvalue weighted by atomic mass is 10.1. The summed E-state index contributed by atoms with van der Waals surface area (Å²) in [5, 5.41) is 2.84. The topological polar surface area (TPSA) is 41.5 Å². The normalized spacial score (nSPS) is 16.1. The second kappa shape index (κ2) is 3.09. The number of allylic oxidation sites excluding steroid dienone is 1. The van der Waals surface area contributed by atoms with Gasteiger partial charge in [0.25, 0.3) is 5.91 Å². The fourth-order valence-corrected chi connectivity index (χ4v) is 0.924. The van der Waals surface area contributed by atoms with E-state index in [1.54, 1.807) is 6.21 Å². The minimum absolute atomic E-state index is 0.0868. The van der Waals surface area contributed by atoms with Gasteiger partial charge < -0.3 is 5.32 Å². The van der Waals surface area contributed by atoms with Crippen molar-refractivity contribution in [1.29, 1.82) is 0 Å². The Bertz CT molecular complexity index is 246. The number of hydrogen-bond acceptors (Lipinski definition) is 2. The molecule has 12 heavy (non-hydrogen) atoms. The van der Waals surface area contributed by atoms with Gasteiger partial charge in [0.05, 0.1) is 0 Å². The van der Waals surface area contributed by atoms with Crippen molar-refractivity contribution in [3.8, 4) is 0 Å². The highest BCUT2D eigenvalue weighted by molar-refractivity contribution is 5.96. The van der Waals surface area contributed by atoms with Gasteiger partial charge in [0.1, 0.15) is 5.70 Å². The van der Waals surface area contributed by atoms with E-state index < -0.39 is 0 Å². The summed E-state index contributed by atoms with van der Waals surface area (Å²) in [6.45, 7) is 5.85. The summed E-state index contributed by atoms with van der Waals surface area (Å²) >= 11 is 0. The average Bonchev–Trinajstić information content (AvgIpc) is 2.32. The highest BCUT2D eigenvalue weighted by atomic mass is 16.2. The third-order valence-electron chi connectivity index (χ3n) is 1.37. The second-order valence-corrected chi connectivity index (χ2v) is 3.84. The lowest BCUT2D eigenvalue weighted by Crippen LogP contribution is -2.40. The van der Waals surface area contributed by atoms with Gasteiger partial charge in [-0.05, 0) is 26.8 Å². The molecule has 0 aromatic rings. The van der Waals surface area contributed by atoms with Crippen molar-refractivity contribution >= 4 is 12.1 Å². The molecule has 0 spiro atoms. The van der Waals surface area contributed by atoms with Crippen LogP contribution < -0.4 is 5.32 Å². The Labute approximate surface area is 72.6 Å². The van der Waals surface area contributed by atoms with Gasteiger partial charge in [-0.15, -0.1) is 0 Å². The van der Waals surface area contributed by atoms with Crippen LogP contribution in [0.3, 0.4) is 0 Å². The van der Waals surface area contributed by atoms with Crippen LogP contribution in [0.1, 0.15) is 27.2 Å². The first-order valence-electron chi connectivity index (χ1n) is 4.04. The van der Waals surface area contributed by atoms with Gasteiger partial charge in [-0.1, -0.05) is 0 Å². The van der Waals surface area contributed by atoms with Crippen LogP contribution in [0.5, 0.6) is 0 Å². The molecule has 0 saturated heterocycles. The summed E-state index contributed by atoms with van der Waals surface area (Å²) in [4.78, 5) is 15.3. The molecule has 3 heteroatoms. The highest BCUT2D eigenvalue weighted by Crippen LogP contribution is 2.07. The predicted molar refractivity (Wildman–Crippen MR) is 49.1 cm³/mol. The van der Waals surface area contributed by atoms with Gasteiger partial charge in [-0.2, -0.15) is 0 Å². The number of hydrogen-bond donors (Lipinski definition) is 1. The molecule has 1 aliphatic rings. The first-order chi connectivity index (χ1) is 5.49. The Morgan fingerprint density at radius 1 is 1.58 bits per heavy atom. The molecule has 0 radical (unpaired) electrons. The van der Waals surface area contributed by atoms with E-state index in [2.05, 4.69) is 10.3 Å². The minimum atomic E-state index is -0.184. The van der Waals surface area contributed by atoms with Crippen LogP contribution in [0.4, 0.5) is 0 Å². The molecule has 1 rings (SSSR count). The van der Waals surface area contributed by atoms with Crippen LogP contribution in [0.15, 0.2) is 16.8 Å². The molecule has 0 saturated carbocycles. The number of rotatable bonds is 1. The average molecular weight is 166 g/mol. The van der Waals surface area contributed by atoms with Crippen LogP contribution in [0.25, 0.3) is 0 Å². The molecule has 1 N–H and O–H groups in total. The zero-order valence-electron chi connectivity index (χ0n) is 7.72. The highest BCUT2D eigenvalue weighted by Gasteiger charge is 2.17. The molecule has 0 unspecified atom stereocenters. The van der Waals surface area contributed by atoms with Gasteiger partial charge in [-0.25, -0.2) is 0 Å². The number of carbonyl (C=O) groups excluding carboxylic acids is 1. The summed E-state index contributed by atoms with van der Waals surface area (Å²) in [7, 11) is 0. The second-order valence-electron chi connectivity index (χ2n) is 3.84. The molecule has 1 aliphatic heterocycles. The van der Waals surface area contributed by atoms with Crippen LogP contribution in [-0.4, -0.2) is 17.7 Å². The monoisotopic (exact) mass is 166 g/mol. The lowest BCUT2D eigenvalue weighted by molar-refractivity contribution is -0.118. The molecule has 0 aromatic heterocycles. The van der Waals surface area contributed by atoms with E-state index in [0.29, 0.717) is 5.70 Å². The summed E-state index contributed by atoms with van der Waals surface area (Å²) in [6, 6.07) is 0. The third kappa shape index (κ3) is 2.49. The molecule has 0 atom stereocenters. The molecule has 0 fully saturated rings. The fraction of sp³-hybridized carbons (Fsp3) is 0.556. The van der Waals surface area contributed by atoms with Crippen LogP contribution in [-0.2, 0) is 4.79 Å². The van der Waals surface area contributed by atoms with Crippen molar-refractivity contribution in [2.24, 2.45) is 4.99 Å². The Balaban J connectivity index is 2.55. The van der Waals surface area contributed by atoms with Gasteiger partial charge in [0, 0.05) is 18.2 Å². The number of nitrogens with zero attached hydrogens (tertiary/aromatic N) is 1. The van der Waals surface area contributed by atoms with Gasteiger partial charge >= 0.3 is 0 Å². The zero-order chi connectivity index (χ0) is 9.19. The van der Waals surface area contributed by atoms with Crippen molar-refractivity contribution in [1.82, 2.24) is 5.32 Å². The minimum Gasteiger partial charge on any atom is -0.346 e. The predicted octanol–water partition coefficient (Wildman–Crippen LogP) is 1.26. The molecular formula is C9H14N2O. The van der Waals surface area contributed by atoms with E-state index in [0.717, 1.165) is 6.42 Å². The Kier molecular flexibility index (Phi) is 2.31. The molecular weight excluding hydrogens is 152 g/mol. The van der Waals surface area contributed by atoms with Crippen LogP contribution >= 0.6 is 0 Å². The van der Waals surface area contributed by atoms with Crippen molar-refractivity contribution in [2.75, 3.05) is 0 Å². The number of carbonyl (C=O) groups is 1. The molecule has 0 aromatic carbocycles. The van der Waals surface area contributed by atoms with Crippen molar-refractivity contribution in [3.05, 3.63) is 11.8 Å². The smallest absolute Gasteiger partial charge is 0.269 e. The Morgan fingerprint density at radius 2 is 2.25 bits per heavy atom. The first kappa shape index (κ1) is 8.97. The summed E-state index contributed by atoms with van der Waals surface area (Å²) < 4.78 is 0. The summed E-state index contributed by atoms with van der Waals surface area (Å²) in [5.74, 6) is -0.0868. The largest absolute Gasteiger partial charge is 0.346 e. The zero-order valence-corrected chi connectivity index (χ0v) is 7.72. The summed E-state index contributed by atoms with van der Waals surface area (Å²) in [6.07, 6.45) is 4.32. The van der Waals surface area contributed by atoms with E-state index in [1.165, 1.54) is 0 Å². The van der Waals surface area contributed by atoms with Crippen molar-refractivity contribution in [2.45, 2.75) is 32.7 Å². The number of aliphatic imine (C=N–C) groups is 1. The molecule has 1 amide bonds. The number of nitrogens with one attached hydrogen (secondary N) is 1. The van der Waals surface area contributed by atoms with E-state index in [-0.39, 0.29) is 11.4 Å². The van der Waals surface area contributed by atoms with Gasteiger partial charge in [0.2, 0.25) is 0 Å². The third-order valence-corrected chi connectivity index (χ3v) is 1.37. The standard InChI is InChI=1S/C9H14N2O/c1-9(2,3)11-8(12)7-5-4-6-10-7/h5-6H,4H2,1-3H3,(H,11,12). The van der Waals surface area contributed by atoms with E-state index >= 15 is 0 Å². The molecule has 1 heterocycles. The quantitative estimate of drug-likeness (QED) is 0.626. The van der Waals surface area contributed by atoms with Crippen LogP contribution in [0.2, 0.25) is 0 Å². The molecule has 0 aliphatic carbocycles. The molecule has 3 nitrogen and oxygen atoms in total. The van der Waals surface area contributed by atoms with Crippen LogP contribution in [0, 0.1) is 0 Å². The van der Waals surface area contributed by atoms with E-state index in [1.807, 2.05) is 26.8 Å². The first-order valence-corrected chi connectivity index (χ1v) is 4.04. The SMILES string of the molecule is CC(C)(C)NC(=O)C1=CCC=N1. The Hall–Kier alpha value is -1.12. The van der Waals surface area contributed by atoms with Gasteiger partial charge in [0.15, 0.2) is 0 Å².